The van der Waals surface area contributed by atoms with Gasteiger partial charge in [-0.3, -0.25) is 4.90 Å². The summed E-state index contributed by atoms with van der Waals surface area (Å²) >= 11 is 0. The van der Waals surface area contributed by atoms with Gasteiger partial charge < -0.3 is 15.6 Å². The molecule has 0 amide bonds. The van der Waals surface area contributed by atoms with Gasteiger partial charge >= 0.3 is 5.97 Å². The van der Waals surface area contributed by atoms with E-state index in [0.717, 1.165) is 18.2 Å². The highest BCUT2D eigenvalue weighted by Crippen LogP contribution is 2.43. The number of esters is 1. The Morgan fingerprint density at radius 1 is 1.28 bits per heavy atom. The molecule has 32 heavy (non-hydrogen) atoms. The molecule has 0 spiro atoms. The average Bonchev–Trinajstić information content (AvgIpc) is 2.68. The number of halogens is 3. The summed E-state index contributed by atoms with van der Waals surface area (Å²) in [6.45, 7) is 4.59. The number of hydrogen-bond donors (Lipinski definition) is 2. The number of carbonyl (C=O) groups excluding carboxylic acids is 1. The van der Waals surface area contributed by atoms with Crippen molar-refractivity contribution in [1.82, 2.24) is 4.90 Å². The van der Waals surface area contributed by atoms with Gasteiger partial charge in [0.25, 0.3) is 0 Å². The van der Waals surface area contributed by atoms with Crippen LogP contribution in [0.25, 0.3) is 6.08 Å². The standard InChI is InChI=1S/C24H27F3N2O3/c1-13-7-15-10-20(30)19(28)11-16(15)23(29(13)12-24(2,3)27)22-17(25)8-14(9-18(22)26)5-6-21(31)32-4/h5-6,8-11,13,23,30H,7,12,28H2,1-4H3/b6-5+. The molecular weight excluding hydrogens is 421 g/mol. The van der Waals surface area contributed by atoms with Crippen molar-refractivity contribution >= 4 is 17.7 Å². The highest BCUT2D eigenvalue weighted by Gasteiger charge is 2.39. The van der Waals surface area contributed by atoms with E-state index in [1.54, 1.807) is 4.90 Å². The maximum Gasteiger partial charge on any atom is 0.330 e. The quantitative estimate of drug-likeness (QED) is 0.304. The number of fused-ring (bicyclic) bond motifs is 1. The van der Waals surface area contributed by atoms with Crippen LogP contribution in [0, 0.1) is 11.6 Å². The monoisotopic (exact) mass is 448 g/mol. The number of nitrogens with zero attached hydrogens (tertiary/aromatic N) is 1. The van der Waals surface area contributed by atoms with Crippen LogP contribution in [0.2, 0.25) is 0 Å². The first-order chi connectivity index (χ1) is 14.9. The van der Waals surface area contributed by atoms with E-state index >= 15 is 8.78 Å². The zero-order valence-electron chi connectivity index (χ0n) is 18.5. The molecule has 2 atom stereocenters. The second-order valence-corrected chi connectivity index (χ2v) is 8.71. The predicted molar refractivity (Wildman–Crippen MR) is 117 cm³/mol. The van der Waals surface area contributed by atoms with Gasteiger partial charge in [0.05, 0.1) is 18.8 Å². The third-order valence-electron chi connectivity index (χ3n) is 5.54. The van der Waals surface area contributed by atoms with E-state index < -0.39 is 29.3 Å². The Balaban J connectivity index is 2.18. The van der Waals surface area contributed by atoms with Gasteiger partial charge in [0, 0.05) is 24.2 Å². The molecule has 172 valence electrons. The van der Waals surface area contributed by atoms with E-state index in [-0.39, 0.29) is 35.2 Å². The van der Waals surface area contributed by atoms with Crippen LogP contribution in [0.15, 0.2) is 30.3 Å². The fourth-order valence-electron chi connectivity index (χ4n) is 4.16. The molecule has 0 fully saturated rings. The van der Waals surface area contributed by atoms with Gasteiger partial charge in [-0.05, 0) is 74.2 Å². The lowest BCUT2D eigenvalue weighted by Crippen LogP contribution is -2.48. The molecule has 2 aromatic rings. The van der Waals surface area contributed by atoms with Gasteiger partial charge in [-0.2, -0.15) is 0 Å². The second-order valence-electron chi connectivity index (χ2n) is 8.71. The first-order valence-electron chi connectivity index (χ1n) is 10.2. The molecule has 3 N–H and O–H groups in total. The summed E-state index contributed by atoms with van der Waals surface area (Å²) in [6.07, 6.45) is 2.77. The molecule has 0 saturated heterocycles. The number of phenolic OH excluding ortho intramolecular Hbond substituents is 1. The lowest BCUT2D eigenvalue weighted by Gasteiger charge is -2.44. The minimum absolute atomic E-state index is 0.0675. The number of methoxy groups -OCH3 is 1. The fraction of sp³-hybridized carbons (Fsp3) is 0.375. The first-order valence-corrected chi connectivity index (χ1v) is 10.2. The fourth-order valence-corrected chi connectivity index (χ4v) is 4.16. The van der Waals surface area contributed by atoms with Crippen molar-refractivity contribution in [2.45, 2.75) is 44.9 Å². The number of hydrogen-bond acceptors (Lipinski definition) is 5. The molecule has 1 aliphatic heterocycles. The van der Waals surface area contributed by atoms with Crippen molar-refractivity contribution in [3.8, 4) is 5.75 Å². The molecular formula is C24H27F3N2O3. The molecule has 1 aliphatic rings. The van der Waals surface area contributed by atoms with Crippen molar-refractivity contribution in [2.75, 3.05) is 19.4 Å². The maximum absolute atomic E-state index is 15.3. The van der Waals surface area contributed by atoms with E-state index in [0.29, 0.717) is 17.5 Å². The van der Waals surface area contributed by atoms with Crippen molar-refractivity contribution < 1.29 is 27.8 Å². The van der Waals surface area contributed by atoms with Crippen molar-refractivity contribution in [3.05, 3.63) is 64.2 Å². The summed E-state index contributed by atoms with van der Waals surface area (Å²) in [5.41, 5.74) is 5.43. The molecule has 2 unspecified atom stereocenters. The highest BCUT2D eigenvalue weighted by atomic mass is 19.1. The minimum Gasteiger partial charge on any atom is -0.506 e. The Morgan fingerprint density at radius 2 is 1.91 bits per heavy atom. The van der Waals surface area contributed by atoms with Gasteiger partial charge in [0.2, 0.25) is 0 Å². The Kier molecular flexibility index (Phi) is 6.55. The van der Waals surface area contributed by atoms with Crippen LogP contribution < -0.4 is 5.73 Å². The van der Waals surface area contributed by atoms with Gasteiger partial charge in [-0.15, -0.1) is 0 Å². The van der Waals surface area contributed by atoms with E-state index in [1.165, 1.54) is 39.2 Å². The number of ether oxygens (including phenoxy) is 1. The third kappa shape index (κ3) is 4.91. The van der Waals surface area contributed by atoms with Gasteiger partial charge in [0.1, 0.15) is 23.1 Å². The first kappa shape index (κ1) is 23.7. The number of anilines is 1. The number of aromatic hydroxyl groups is 1. The Morgan fingerprint density at radius 3 is 2.47 bits per heavy atom. The molecule has 2 aromatic carbocycles. The van der Waals surface area contributed by atoms with Crippen molar-refractivity contribution in [2.24, 2.45) is 0 Å². The SMILES string of the molecule is COC(=O)/C=C/c1cc(F)c(C2c3cc(N)c(O)cc3CC(C)N2CC(C)(C)F)c(F)c1. The topological polar surface area (TPSA) is 75.8 Å². The van der Waals surface area contributed by atoms with Crippen molar-refractivity contribution in [3.63, 3.8) is 0 Å². The number of carbonyl (C=O) groups is 1. The molecule has 0 aliphatic carbocycles. The van der Waals surface area contributed by atoms with Crippen LogP contribution in [0.5, 0.6) is 5.75 Å². The Hall–Kier alpha value is -3.00. The summed E-state index contributed by atoms with van der Waals surface area (Å²) in [5.74, 6) is -2.45. The smallest absolute Gasteiger partial charge is 0.330 e. The lowest BCUT2D eigenvalue weighted by atomic mass is 9.83. The predicted octanol–water partition coefficient (Wildman–Crippen LogP) is 4.52. The van der Waals surface area contributed by atoms with Crippen LogP contribution in [-0.4, -0.2) is 41.3 Å². The maximum atomic E-state index is 15.3. The normalized spacial score (nSPS) is 19.2. The molecule has 5 nitrogen and oxygen atoms in total. The van der Waals surface area contributed by atoms with Gasteiger partial charge in [0.15, 0.2) is 0 Å². The zero-order valence-corrected chi connectivity index (χ0v) is 18.5. The molecule has 0 radical (unpaired) electrons. The van der Waals surface area contributed by atoms with Gasteiger partial charge in [-0.1, -0.05) is 0 Å². The minimum atomic E-state index is -1.62. The van der Waals surface area contributed by atoms with Crippen LogP contribution in [-0.2, 0) is 16.0 Å². The molecule has 0 bridgehead atoms. The summed E-state index contributed by atoms with van der Waals surface area (Å²) in [5, 5.41) is 10.0. The van der Waals surface area contributed by atoms with Crippen LogP contribution in [0.3, 0.4) is 0 Å². The summed E-state index contributed by atoms with van der Waals surface area (Å²) in [6, 6.07) is 3.99. The highest BCUT2D eigenvalue weighted by molar-refractivity contribution is 5.86. The molecule has 1 heterocycles. The van der Waals surface area contributed by atoms with Crippen LogP contribution in [0.4, 0.5) is 18.9 Å². The summed E-state index contributed by atoms with van der Waals surface area (Å²) in [4.78, 5) is 13.0. The number of nitrogens with two attached hydrogens (primary N) is 1. The second kappa shape index (κ2) is 8.86. The molecule has 0 aromatic heterocycles. The van der Waals surface area contributed by atoms with E-state index in [9.17, 15) is 14.3 Å². The summed E-state index contributed by atoms with van der Waals surface area (Å²) < 4.78 is 49.8. The molecule has 8 heteroatoms. The molecule has 0 saturated carbocycles. The lowest BCUT2D eigenvalue weighted by molar-refractivity contribution is -0.134. The average molecular weight is 448 g/mol. The summed E-state index contributed by atoms with van der Waals surface area (Å²) in [7, 11) is 1.20. The number of rotatable bonds is 5. The number of nitrogen functional groups attached to an aromatic ring is 1. The molecule has 3 rings (SSSR count). The van der Waals surface area contributed by atoms with Crippen LogP contribution >= 0.6 is 0 Å². The number of alkyl halides is 1. The third-order valence-corrected chi connectivity index (χ3v) is 5.54. The zero-order chi connectivity index (χ0) is 23.8. The van der Waals surface area contributed by atoms with Crippen molar-refractivity contribution in [1.29, 1.82) is 0 Å². The van der Waals surface area contributed by atoms with Crippen LogP contribution in [0.1, 0.15) is 49.1 Å². The van der Waals surface area contributed by atoms with E-state index in [2.05, 4.69) is 4.74 Å². The number of phenols is 1. The van der Waals surface area contributed by atoms with E-state index in [1.807, 2.05) is 6.92 Å². The Bertz CT molecular complexity index is 1040. The number of benzene rings is 2. The van der Waals surface area contributed by atoms with Gasteiger partial charge in [-0.25, -0.2) is 18.0 Å². The van der Waals surface area contributed by atoms with E-state index in [4.69, 9.17) is 5.73 Å². The largest absolute Gasteiger partial charge is 0.506 e. The Labute approximate surface area is 185 Å².